The van der Waals surface area contributed by atoms with E-state index in [4.69, 9.17) is 23.7 Å². The van der Waals surface area contributed by atoms with Crippen molar-refractivity contribution in [2.45, 2.75) is 46.5 Å². The number of carbonyl (C=O) groups is 2. The number of nitrogens with two attached hydrogens (primary N) is 2. The van der Waals surface area contributed by atoms with E-state index in [0.29, 0.717) is 19.4 Å². The van der Waals surface area contributed by atoms with Gasteiger partial charge in [-0.05, 0) is 19.8 Å². The van der Waals surface area contributed by atoms with Crippen molar-refractivity contribution in [3.05, 3.63) is 0 Å². The number of hydrogen-bond acceptors (Lipinski definition) is 3. The molecule has 5 nitrogen and oxygen atoms in total. The summed E-state index contributed by atoms with van der Waals surface area (Å²) in [6, 6.07) is 0. The van der Waals surface area contributed by atoms with E-state index in [9.17, 15) is 9.59 Å². The third-order valence-electron chi connectivity index (χ3n) is 3.25. The maximum Gasteiger partial charge on any atom is 0.237 e. The summed E-state index contributed by atoms with van der Waals surface area (Å²) in [5.74, 6) is -0.704. The lowest BCUT2D eigenvalue weighted by molar-refractivity contribution is -0.141. The van der Waals surface area contributed by atoms with Crippen LogP contribution in [0.1, 0.15) is 46.5 Å². The molecule has 6 heteroatoms. The minimum atomic E-state index is -0.843. The molecular weight excluding hydrogens is 262 g/mol. The number of amides is 2. The number of likely N-dealkylation sites (N-methyl/N-ethyl adjacent to an activating group) is 1. The van der Waals surface area contributed by atoms with Crippen LogP contribution in [0.3, 0.4) is 0 Å². The minimum absolute atomic E-state index is 0.0902. The van der Waals surface area contributed by atoms with Crippen molar-refractivity contribution in [3.63, 3.8) is 0 Å². The van der Waals surface area contributed by atoms with Crippen molar-refractivity contribution in [3.8, 4) is 0 Å². The number of primary amides is 1. The first-order valence-electron chi connectivity index (χ1n) is 6.73. The molecule has 0 fully saturated rings. The van der Waals surface area contributed by atoms with Gasteiger partial charge in [0.1, 0.15) is 0 Å². The number of carbonyl (C=O) groups excluding carboxylic acids is 2. The fraction of sp³-hybridized carbons (Fsp3) is 0.769. The first kappa shape index (κ1) is 17.8. The average molecular weight is 287 g/mol. The Labute approximate surface area is 120 Å². The standard InChI is InChI=1S/C13H25N3O2S/c1-4-7-13(8-5-2,11(15)19)12(18)16(6-3)9-10(14)17/h4-9H2,1-3H3,(H2,14,17)(H2,15,19). The summed E-state index contributed by atoms with van der Waals surface area (Å²) < 4.78 is 0. The van der Waals surface area contributed by atoms with Gasteiger partial charge >= 0.3 is 0 Å². The van der Waals surface area contributed by atoms with Gasteiger partial charge in [0, 0.05) is 6.54 Å². The highest BCUT2D eigenvalue weighted by Gasteiger charge is 2.42. The lowest BCUT2D eigenvalue weighted by Crippen LogP contribution is -2.52. The average Bonchev–Trinajstić information content (AvgIpc) is 2.34. The monoisotopic (exact) mass is 287 g/mol. The van der Waals surface area contributed by atoms with E-state index in [0.717, 1.165) is 12.8 Å². The zero-order chi connectivity index (χ0) is 15.1. The summed E-state index contributed by atoms with van der Waals surface area (Å²) in [5, 5.41) is 0. The van der Waals surface area contributed by atoms with Crippen molar-refractivity contribution < 1.29 is 9.59 Å². The van der Waals surface area contributed by atoms with Crippen molar-refractivity contribution in [1.82, 2.24) is 4.90 Å². The van der Waals surface area contributed by atoms with Crippen LogP contribution < -0.4 is 11.5 Å². The van der Waals surface area contributed by atoms with Crippen LogP contribution in [0.25, 0.3) is 0 Å². The molecule has 0 spiro atoms. The van der Waals surface area contributed by atoms with E-state index in [1.54, 1.807) is 0 Å². The number of nitrogens with zero attached hydrogens (tertiary/aromatic N) is 1. The topological polar surface area (TPSA) is 89.4 Å². The fourth-order valence-corrected chi connectivity index (χ4v) is 2.65. The van der Waals surface area contributed by atoms with Crippen molar-refractivity contribution in [2.75, 3.05) is 13.1 Å². The molecule has 4 N–H and O–H groups in total. The first-order valence-corrected chi connectivity index (χ1v) is 7.14. The van der Waals surface area contributed by atoms with Crippen LogP contribution in [0, 0.1) is 5.41 Å². The summed E-state index contributed by atoms with van der Waals surface area (Å²) in [6.45, 7) is 6.11. The van der Waals surface area contributed by atoms with Gasteiger partial charge in [0.15, 0.2) is 0 Å². The van der Waals surface area contributed by atoms with Crippen molar-refractivity contribution >= 4 is 29.0 Å². The molecule has 0 aromatic rings. The second-order valence-corrected chi connectivity index (χ2v) is 5.17. The van der Waals surface area contributed by atoms with Gasteiger partial charge in [-0.1, -0.05) is 38.9 Å². The largest absolute Gasteiger partial charge is 0.392 e. The van der Waals surface area contributed by atoms with Crippen LogP contribution in [0.4, 0.5) is 0 Å². The van der Waals surface area contributed by atoms with Gasteiger partial charge in [0.2, 0.25) is 11.8 Å². The molecule has 0 bridgehead atoms. The van der Waals surface area contributed by atoms with Gasteiger partial charge in [-0.25, -0.2) is 0 Å². The van der Waals surface area contributed by atoms with E-state index in [2.05, 4.69) is 0 Å². The van der Waals surface area contributed by atoms with E-state index < -0.39 is 11.3 Å². The second-order valence-electron chi connectivity index (χ2n) is 4.73. The van der Waals surface area contributed by atoms with Gasteiger partial charge in [0.25, 0.3) is 0 Å². The zero-order valence-corrected chi connectivity index (χ0v) is 12.9. The van der Waals surface area contributed by atoms with Crippen molar-refractivity contribution in [1.29, 1.82) is 0 Å². The summed E-state index contributed by atoms with van der Waals surface area (Å²) >= 11 is 5.13. The predicted molar refractivity (Wildman–Crippen MR) is 80.5 cm³/mol. The molecule has 0 saturated carbocycles. The smallest absolute Gasteiger partial charge is 0.237 e. The van der Waals surface area contributed by atoms with Crippen LogP contribution in [0.15, 0.2) is 0 Å². The molecule has 0 radical (unpaired) electrons. The summed E-state index contributed by atoms with van der Waals surface area (Å²) in [6.07, 6.45) is 2.81. The van der Waals surface area contributed by atoms with E-state index in [1.165, 1.54) is 4.90 Å². The third-order valence-corrected chi connectivity index (χ3v) is 3.64. The van der Waals surface area contributed by atoms with Crippen LogP contribution in [0.2, 0.25) is 0 Å². The van der Waals surface area contributed by atoms with Crippen LogP contribution in [-0.4, -0.2) is 34.8 Å². The molecule has 0 saturated heterocycles. The summed E-state index contributed by atoms with van der Waals surface area (Å²) in [4.78, 5) is 25.4. The normalized spacial score (nSPS) is 11.1. The molecule has 0 unspecified atom stereocenters. The Balaban J connectivity index is 5.37. The molecule has 0 atom stereocenters. The minimum Gasteiger partial charge on any atom is -0.392 e. The Morgan fingerprint density at radius 1 is 1.11 bits per heavy atom. The molecule has 19 heavy (non-hydrogen) atoms. The molecule has 0 aromatic carbocycles. The predicted octanol–water partition coefficient (Wildman–Crippen LogP) is 1.19. The maximum atomic E-state index is 12.7. The van der Waals surface area contributed by atoms with Crippen LogP contribution in [0.5, 0.6) is 0 Å². The summed E-state index contributed by atoms with van der Waals surface area (Å²) in [7, 11) is 0. The van der Waals surface area contributed by atoms with Gasteiger partial charge in [-0.3, -0.25) is 9.59 Å². The summed E-state index contributed by atoms with van der Waals surface area (Å²) in [5.41, 5.74) is 10.2. The Kier molecular flexibility index (Phi) is 7.59. The molecule has 0 aliphatic carbocycles. The highest BCUT2D eigenvalue weighted by molar-refractivity contribution is 7.80. The molecular formula is C13H25N3O2S. The SMILES string of the molecule is CCCC(CCC)(C(=O)N(CC)CC(N)=O)C(N)=S. The van der Waals surface area contributed by atoms with Gasteiger partial charge in [0.05, 0.1) is 16.9 Å². The number of rotatable bonds is 9. The quantitative estimate of drug-likeness (QED) is 0.623. The van der Waals surface area contributed by atoms with Crippen molar-refractivity contribution in [2.24, 2.45) is 16.9 Å². The highest BCUT2D eigenvalue weighted by Crippen LogP contribution is 2.33. The zero-order valence-electron chi connectivity index (χ0n) is 12.1. The lowest BCUT2D eigenvalue weighted by Gasteiger charge is -2.35. The lowest BCUT2D eigenvalue weighted by atomic mass is 9.77. The molecule has 0 heterocycles. The Bertz CT molecular complexity index is 339. The van der Waals surface area contributed by atoms with E-state index in [-0.39, 0.29) is 17.4 Å². The molecule has 0 aliphatic rings. The first-order chi connectivity index (χ1) is 8.85. The Morgan fingerprint density at radius 2 is 1.58 bits per heavy atom. The molecule has 110 valence electrons. The van der Waals surface area contributed by atoms with Gasteiger partial charge in [-0.15, -0.1) is 0 Å². The van der Waals surface area contributed by atoms with Gasteiger partial charge in [-0.2, -0.15) is 0 Å². The Morgan fingerprint density at radius 3 is 1.84 bits per heavy atom. The second kappa shape index (κ2) is 8.09. The van der Waals surface area contributed by atoms with Crippen LogP contribution in [-0.2, 0) is 9.59 Å². The Hall–Kier alpha value is -1.17. The highest BCUT2D eigenvalue weighted by atomic mass is 32.1. The fourth-order valence-electron chi connectivity index (χ4n) is 2.36. The molecule has 2 amide bonds. The number of thiocarbonyl (C=S) groups is 1. The van der Waals surface area contributed by atoms with Crippen LogP contribution >= 0.6 is 12.2 Å². The van der Waals surface area contributed by atoms with E-state index in [1.807, 2.05) is 20.8 Å². The maximum absolute atomic E-state index is 12.7. The molecule has 0 rings (SSSR count). The molecule has 0 aliphatic heterocycles. The van der Waals surface area contributed by atoms with E-state index >= 15 is 0 Å². The molecule has 0 aromatic heterocycles. The number of hydrogen-bond donors (Lipinski definition) is 2. The third kappa shape index (κ3) is 4.45. The van der Waals surface area contributed by atoms with Gasteiger partial charge < -0.3 is 16.4 Å².